The zero-order valence-corrected chi connectivity index (χ0v) is 32.4. The number of piperidine rings is 1. The van der Waals surface area contributed by atoms with Gasteiger partial charge in [-0.15, -0.1) is 0 Å². The molecule has 0 radical (unpaired) electrons. The summed E-state index contributed by atoms with van der Waals surface area (Å²) in [6, 6.07) is 3.43. The first kappa shape index (κ1) is 39.0. The van der Waals surface area contributed by atoms with Gasteiger partial charge in [-0.2, -0.15) is 0 Å². The molecule has 53 heavy (non-hydrogen) atoms. The number of esters is 1. The van der Waals surface area contributed by atoms with Gasteiger partial charge in [0, 0.05) is 19.6 Å². The summed E-state index contributed by atoms with van der Waals surface area (Å²) < 4.78 is 25.1. The maximum atomic E-state index is 14.6. The molecule has 7 rings (SSSR count). The lowest BCUT2D eigenvalue weighted by Gasteiger charge is -2.64. The van der Waals surface area contributed by atoms with Crippen molar-refractivity contribution in [3.8, 4) is 5.75 Å². The lowest BCUT2D eigenvalue weighted by molar-refractivity contribution is -0.199. The molecule has 2 bridgehead atoms. The average Bonchev–Trinajstić information content (AvgIpc) is 3.48. The van der Waals surface area contributed by atoms with Crippen LogP contribution in [0.5, 0.6) is 5.75 Å². The van der Waals surface area contributed by atoms with Crippen molar-refractivity contribution in [3.05, 3.63) is 29.3 Å². The van der Waals surface area contributed by atoms with Gasteiger partial charge in [-0.3, -0.25) is 19.3 Å². The largest absolute Gasteiger partial charge is 0.496 e. The molecule has 3 N–H and O–H groups in total. The van der Waals surface area contributed by atoms with Crippen LogP contribution in [0.2, 0.25) is 0 Å². The fraction of sp³-hybridized carbons (Fsp3) is 0.711. The topological polar surface area (TPSA) is 165 Å². The highest BCUT2D eigenvalue weighted by Crippen LogP contribution is 2.65. The Bertz CT molecular complexity index is 1610. The Hall–Kier alpha value is -3.69. The SMILES string of the molecule is CCN1CCN(C(=O)NC(C(=O)N[C@@H](Cc2cccc(C(=O)OC(C)(C)C)c2OC)B2O[C@@H]3C[C@@H]4C[C@@H](C4(C)C)[C@]3(C)O2)C2CCNCC2)C(=O)C1=O. The van der Waals surface area contributed by atoms with Crippen molar-refractivity contribution in [1.82, 2.24) is 25.8 Å². The molecule has 3 aliphatic heterocycles. The highest BCUT2D eigenvalue weighted by molar-refractivity contribution is 6.48. The standard InChI is InChI=1S/C38H56BN5O9/c1-9-43-17-18-44(33(47)32(43)46)35(49)42-29(22-13-15-40-16-14-22)31(45)41-28(39-52-27-21-24-20-26(37(24,5)6)38(27,7)53-39)19-23-11-10-12-25(30(23)50-8)34(48)51-36(2,3)4/h10-12,22,24,26-29,40H,9,13-21H2,1-8H3,(H,41,45)(H,42,49)/t24-,26-,27+,28-,29?,38-/m0/s1. The third-order valence-electron chi connectivity index (χ3n) is 12.3. The molecule has 5 amide bonds. The van der Waals surface area contributed by atoms with E-state index in [-0.39, 0.29) is 48.4 Å². The van der Waals surface area contributed by atoms with Crippen LogP contribution < -0.4 is 20.7 Å². The zero-order chi connectivity index (χ0) is 38.5. The summed E-state index contributed by atoms with van der Waals surface area (Å²) in [6.07, 6.45) is 3.13. The number of nitrogens with zero attached hydrogens (tertiary/aromatic N) is 2. The number of amides is 5. The molecule has 1 unspecified atom stereocenters. The van der Waals surface area contributed by atoms with Gasteiger partial charge in [0.05, 0.1) is 24.8 Å². The van der Waals surface area contributed by atoms with Gasteiger partial charge in [-0.25, -0.2) is 9.59 Å². The molecule has 0 spiro atoms. The Morgan fingerprint density at radius 1 is 1.06 bits per heavy atom. The first-order valence-electron chi connectivity index (χ1n) is 19.1. The van der Waals surface area contributed by atoms with Crippen molar-refractivity contribution in [2.45, 2.75) is 110 Å². The van der Waals surface area contributed by atoms with Crippen LogP contribution in [0.3, 0.4) is 0 Å². The third-order valence-corrected chi connectivity index (χ3v) is 12.3. The Morgan fingerprint density at radius 2 is 1.77 bits per heavy atom. The number of likely N-dealkylation sites (N-methyl/N-ethyl adjacent to an activating group) is 1. The summed E-state index contributed by atoms with van der Waals surface area (Å²) in [5, 5.41) is 9.33. The minimum absolute atomic E-state index is 0.0312. The van der Waals surface area contributed by atoms with Crippen LogP contribution >= 0.6 is 0 Å². The van der Waals surface area contributed by atoms with Gasteiger partial charge in [-0.05, 0) is 115 Å². The molecule has 3 aliphatic carbocycles. The van der Waals surface area contributed by atoms with Crippen LogP contribution in [0.4, 0.5) is 4.79 Å². The van der Waals surface area contributed by atoms with E-state index in [4.69, 9.17) is 18.8 Å². The summed E-state index contributed by atoms with van der Waals surface area (Å²) in [5.74, 6) is -2.54. The Kier molecular flexibility index (Phi) is 10.9. The lowest BCUT2D eigenvalue weighted by Crippen LogP contribution is -2.65. The number of benzene rings is 1. The number of rotatable bonds is 10. The number of para-hydroxylation sites is 1. The number of piperazine rings is 1. The Balaban J connectivity index is 1.30. The first-order chi connectivity index (χ1) is 25.0. The van der Waals surface area contributed by atoms with Gasteiger partial charge in [0.2, 0.25) is 5.91 Å². The molecule has 3 saturated heterocycles. The van der Waals surface area contributed by atoms with Crippen molar-refractivity contribution in [1.29, 1.82) is 0 Å². The number of hydrogen-bond acceptors (Lipinski definition) is 10. The number of nitrogens with one attached hydrogen (secondary N) is 3. The molecule has 15 heteroatoms. The fourth-order valence-electron chi connectivity index (χ4n) is 9.23. The minimum atomic E-state index is -1.01. The predicted octanol–water partition coefficient (Wildman–Crippen LogP) is 2.71. The van der Waals surface area contributed by atoms with Gasteiger partial charge in [0.25, 0.3) is 0 Å². The van der Waals surface area contributed by atoms with E-state index < -0.39 is 60.0 Å². The average molecular weight is 738 g/mol. The van der Waals surface area contributed by atoms with Crippen molar-refractivity contribution in [2.24, 2.45) is 23.2 Å². The van der Waals surface area contributed by atoms with Crippen molar-refractivity contribution >= 4 is 36.8 Å². The van der Waals surface area contributed by atoms with Crippen LogP contribution in [0, 0.1) is 23.2 Å². The van der Waals surface area contributed by atoms with E-state index >= 15 is 0 Å². The second-order valence-electron chi connectivity index (χ2n) is 17.0. The molecule has 1 aromatic rings. The van der Waals surface area contributed by atoms with E-state index in [0.29, 0.717) is 49.7 Å². The molecular weight excluding hydrogens is 681 g/mol. The van der Waals surface area contributed by atoms with E-state index in [2.05, 4.69) is 36.7 Å². The second-order valence-corrected chi connectivity index (χ2v) is 17.0. The molecule has 6 fully saturated rings. The molecule has 3 heterocycles. The van der Waals surface area contributed by atoms with Gasteiger partial charge in [-0.1, -0.05) is 26.0 Å². The fourth-order valence-corrected chi connectivity index (χ4v) is 9.23. The summed E-state index contributed by atoms with van der Waals surface area (Å²) in [7, 11) is 0.646. The van der Waals surface area contributed by atoms with E-state index in [0.717, 1.165) is 17.7 Å². The molecule has 6 aliphatic rings. The zero-order valence-electron chi connectivity index (χ0n) is 32.4. The van der Waals surface area contributed by atoms with Gasteiger partial charge < -0.3 is 39.6 Å². The molecule has 0 aromatic heterocycles. The third kappa shape index (κ3) is 7.53. The van der Waals surface area contributed by atoms with E-state index in [1.54, 1.807) is 39.8 Å². The van der Waals surface area contributed by atoms with Crippen LogP contribution in [0.25, 0.3) is 0 Å². The summed E-state index contributed by atoms with van der Waals surface area (Å²) in [4.78, 5) is 69.4. The molecule has 3 saturated carbocycles. The summed E-state index contributed by atoms with van der Waals surface area (Å²) >= 11 is 0. The number of imide groups is 1. The van der Waals surface area contributed by atoms with Crippen molar-refractivity contribution < 1.29 is 42.8 Å². The Labute approximate surface area is 312 Å². The summed E-state index contributed by atoms with van der Waals surface area (Å²) in [5.41, 5.74) is -0.304. The molecule has 14 nitrogen and oxygen atoms in total. The number of ether oxygens (including phenoxy) is 2. The maximum absolute atomic E-state index is 14.6. The predicted molar refractivity (Wildman–Crippen MR) is 196 cm³/mol. The maximum Gasteiger partial charge on any atom is 0.482 e. The normalized spacial score (nSPS) is 28.1. The second kappa shape index (κ2) is 14.9. The number of methoxy groups -OCH3 is 1. The quantitative estimate of drug-likeness (QED) is 0.185. The lowest BCUT2D eigenvalue weighted by atomic mass is 9.43. The number of carbonyl (C=O) groups excluding carboxylic acids is 5. The monoisotopic (exact) mass is 737 g/mol. The van der Waals surface area contributed by atoms with E-state index in [1.165, 1.54) is 12.0 Å². The van der Waals surface area contributed by atoms with Crippen molar-refractivity contribution in [2.75, 3.05) is 39.8 Å². The van der Waals surface area contributed by atoms with E-state index in [1.807, 2.05) is 6.07 Å². The molecule has 290 valence electrons. The van der Waals surface area contributed by atoms with Crippen LogP contribution in [0.1, 0.15) is 90.1 Å². The number of urea groups is 1. The van der Waals surface area contributed by atoms with Gasteiger partial charge in [0.1, 0.15) is 23.0 Å². The van der Waals surface area contributed by atoms with Crippen molar-refractivity contribution in [3.63, 3.8) is 0 Å². The summed E-state index contributed by atoms with van der Waals surface area (Å²) in [6.45, 7) is 15.8. The molecule has 6 atom stereocenters. The van der Waals surface area contributed by atoms with Crippen LogP contribution in [-0.2, 0) is 34.9 Å². The van der Waals surface area contributed by atoms with Crippen LogP contribution in [0.15, 0.2) is 18.2 Å². The van der Waals surface area contributed by atoms with E-state index in [9.17, 15) is 24.0 Å². The first-order valence-corrected chi connectivity index (χ1v) is 19.1. The molecular formula is C38H56BN5O9. The minimum Gasteiger partial charge on any atom is -0.496 e. The number of carbonyl (C=O) groups is 5. The highest BCUT2D eigenvalue weighted by atomic mass is 16.7. The van der Waals surface area contributed by atoms with Gasteiger partial charge >= 0.3 is 30.9 Å². The smallest absolute Gasteiger partial charge is 0.482 e. The van der Waals surface area contributed by atoms with Gasteiger partial charge in [0.15, 0.2) is 0 Å². The molecule has 1 aromatic carbocycles. The Morgan fingerprint density at radius 3 is 2.42 bits per heavy atom. The van der Waals surface area contributed by atoms with Crippen LogP contribution in [-0.4, -0.2) is 116 Å². The highest BCUT2D eigenvalue weighted by Gasteiger charge is 2.68. The number of hydrogen-bond donors (Lipinski definition) is 3.